The number of benzene rings is 2. The van der Waals surface area contributed by atoms with E-state index in [0.717, 1.165) is 17.7 Å². The van der Waals surface area contributed by atoms with Gasteiger partial charge >= 0.3 is 5.97 Å². The van der Waals surface area contributed by atoms with E-state index >= 15 is 0 Å². The van der Waals surface area contributed by atoms with Gasteiger partial charge in [-0.1, -0.05) is 60.7 Å². The van der Waals surface area contributed by atoms with Gasteiger partial charge in [-0.2, -0.15) is 0 Å². The quantitative estimate of drug-likeness (QED) is 0.647. The zero-order chi connectivity index (χ0) is 19.2. The molecule has 2 rings (SSSR count). The summed E-state index contributed by atoms with van der Waals surface area (Å²) >= 11 is 0. The van der Waals surface area contributed by atoms with Gasteiger partial charge in [0.25, 0.3) is 0 Å². The van der Waals surface area contributed by atoms with Gasteiger partial charge in [0.05, 0.1) is 7.11 Å². The fraction of sp³-hybridized carbons (Fsp3) is 0.435. The van der Waals surface area contributed by atoms with Crippen LogP contribution in [0.5, 0.6) is 0 Å². The van der Waals surface area contributed by atoms with Gasteiger partial charge in [0.1, 0.15) is 5.41 Å². The molecule has 0 heterocycles. The second-order valence-corrected chi connectivity index (χ2v) is 7.30. The van der Waals surface area contributed by atoms with Gasteiger partial charge in [-0.05, 0) is 45.2 Å². The van der Waals surface area contributed by atoms with E-state index in [1.165, 1.54) is 7.11 Å². The monoisotopic (exact) mass is 353 g/mol. The molecule has 3 heteroatoms. The molecule has 0 spiro atoms. The first kappa shape index (κ1) is 20.2. The van der Waals surface area contributed by atoms with Crippen LogP contribution in [0.1, 0.15) is 45.2 Å². The fourth-order valence-electron chi connectivity index (χ4n) is 3.82. The fourth-order valence-corrected chi connectivity index (χ4v) is 3.82. The number of rotatable bonds is 8. The maximum Gasteiger partial charge on any atom is 0.320 e. The van der Waals surface area contributed by atoms with Crippen molar-refractivity contribution in [1.29, 1.82) is 0 Å². The molecule has 2 aromatic carbocycles. The summed E-state index contributed by atoms with van der Waals surface area (Å²) in [6.07, 6.45) is 0.671. The van der Waals surface area contributed by atoms with Gasteiger partial charge in [-0.15, -0.1) is 0 Å². The topological polar surface area (TPSA) is 29.5 Å². The number of ether oxygens (including phenoxy) is 1. The van der Waals surface area contributed by atoms with E-state index in [4.69, 9.17) is 4.74 Å². The summed E-state index contributed by atoms with van der Waals surface area (Å²) in [5.41, 5.74) is 1.15. The minimum atomic E-state index is -0.806. The van der Waals surface area contributed by atoms with E-state index in [9.17, 15) is 4.79 Å². The highest BCUT2D eigenvalue weighted by Crippen LogP contribution is 2.37. The summed E-state index contributed by atoms with van der Waals surface area (Å²) < 4.78 is 5.32. The smallest absolute Gasteiger partial charge is 0.320 e. The van der Waals surface area contributed by atoms with Gasteiger partial charge in [-0.25, -0.2) is 0 Å². The van der Waals surface area contributed by atoms with Crippen LogP contribution in [0.15, 0.2) is 60.7 Å². The molecule has 0 amide bonds. The van der Waals surface area contributed by atoms with Crippen LogP contribution >= 0.6 is 0 Å². The third kappa shape index (κ3) is 4.16. The molecule has 2 aromatic rings. The van der Waals surface area contributed by atoms with Crippen LogP contribution in [-0.4, -0.2) is 36.6 Å². The van der Waals surface area contributed by atoms with Gasteiger partial charge in [0.2, 0.25) is 0 Å². The molecule has 0 aliphatic carbocycles. The Bertz CT molecular complexity index is 632. The maximum atomic E-state index is 13.1. The van der Waals surface area contributed by atoms with Crippen LogP contribution in [-0.2, 0) is 14.9 Å². The molecular formula is C23H31NO2. The van der Waals surface area contributed by atoms with Crippen LogP contribution in [0.25, 0.3) is 0 Å². The Morgan fingerprint density at radius 3 is 1.65 bits per heavy atom. The maximum absolute atomic E-state index is 13.1. The lowest BCUT2D eigenvalue weighted by Gasteiger charge is -2.37. The van der Waals surface area contributed by atoms with Gasteiger partial charge < -0.3 is 4.74 Å². The zero-order valence-corrected chi connectivity index (χ0v) is 16.6. The first-order chi connectivity index (χ1) is 12.4. The number of hydrogen-bond acceptors (Lipinski definition) is 3. The molecular weight excluding hydrogens is 322 g/mol. The van der Waals surface area contributed by atoms with E-state index in [0.29, 0.717) is 18.5 Å². The predicted molar refractivity (Wildman–Crippen MR) is 107 cm³/mol. The van der Waals surface area contributed by atoms with Crippen molar-refractivity contribution in [3.63, 3.8) is 0 Å². The molecule has 0 N–H and O–H groups in total. The Labute approximate surface area is 158 Å². The van der Waals surface area contributed by atoms with Crippen molar-refractivity contribution in [2.24, 2.45) is 0 Å². The molecule has 0 bridgehead atoms. The van der Waals surface area contributed by atoms with Crippen molar-refractivity contribution >= 4 is 5.97 Å². The Hall–Kier alpha value is -2.13. The number of nitrogens with zero attached hydrogens (tertiary/aromatic N) is 1. The highest BCUT2D eigenvalue weighted by molar-refractivity contribution is 5.87. The Morgan fingerprint density at radius 2 is 1.31 bits per heavy atom. The Balaban J connectivity index is 2.55. The van der Waals surface area contributed by atoms with Crippen LogP contribution in [0, 0.1) is 0 Å². The average molecular weight is 354 g/mol. The molecule has 0 radical (unpaired) electrons. The number of methoxy groups -OCH3 is 1. The average Bonchev–Trinajstić information content (AvgIpc) is 2.65. The number of carbonyl (C=O) groups excluding carboxylic acids is 1. The molecule has 0 unspecified atom stereocenters. The number of hydrogen-bond donors (Lipinski definition) is 0. The highest BCUT2D eigenvalue weighted by Gasteiger charge is 2.43. The molecule has 0 fully saturated rings. The standard InChI is InChI=1S/C23H31NO2/c1-18(2)24(19(3)4)17-16-23(22(25)26-5,20-12-8-6-9-13-20)21-14-10-7-11-15-21/h6-15,18-19H,16-17H2,1-5H3. The first-order valence-corrected chi connectivity index (χ1v) is 9.38. The van der Waals surface area contributed by atoms with E-state index in [1.807, 2.05) is 60.7 Å². The van der Waals surface area contributed by atoms with Crippen LogP contribution in [0.3, 0.4) is 0 Å². The van der Waals surface area contributed by atoms with E-state index in [2.05, 4.69) is 32.6 Å². The van der Waals surface area contributed by atoms with Crippen molar-refractivity contribution in [3.8, 4) is 0 Å². The molecule has 0 saturated carbocycles. The van der Waals surface area contributed by atoms with E-state index in [1.54, 1.807) is 0 Å². The molecule has 140 valence electrons. The summed E-state index contributed by atoms with van der Waals surface area (Å²) in [7, 11) is 1.48. The summed E-state index contributed by atoms with van der Waals surface area (Å²) in [6, 6.07) is 20.8. The second-order valence-electron chi connectivity index (χ2n) is 7.30. The second kappa shape index (κ2) is 9.00. The SMILES string of the molecule is COC(=O)C(CCN(C(C)C)C(C)C)(c1ccccc1)c1ccccc1. The zero-order valence-electron chi connectivity index (χ0n) is 16.6. The third-order valence-corrected chi connectivity index (χ3v) is 5.14. The molecule has 0 saturated heterocycles. The molecule has 0 atom stereocenters. The van der Waals surface area contributed by atoms with Gasteiger partial charge in [0.15, 0.2) is 0 Å². The van der Waals surface area contributed by atoms with Crippen molar-refractivity contribution in [2.75, 3.05) is 13.7 Å². The summed E-state index contributed by atoms with van der Waals surface area (Å²) in [5, 5.41) is 0. The van der Waals surface area contributed by atoms with Crippen LogP contribution in [0.2, 0.25) is 0 Å². The summed E-state index contributed by atoms with van der Waals surface area (Å²) in [4.78, 5) is 15.6. The molecule has 0 aliphatic rings. The van der Waals surface area contributed by atoms with Crippen LogP contribution in [0.4, 0.5) is 0 Å². The minimum Gasteiger partial charge on any atom is -0.468 e. The highest BCUT2D eigenvalue weighted by atomic mass is 16.5. The van der Waals surface area contributed by atoms with Gasteiger partial charge in [-0.3, -0.25) is 9.69 Å². The number of carbonyl (C=O) groups is 1. The lowest BCUT2D eigenvalue weighted by Crippen LogP contribution is -2.45. The molecule has 26 heavy (non-hydrogen) atoms. The van der Waals surface area contributed by atoms with Crippen LogP contribution < -0.4 is 0 Å². The third-order valence-electron chi connectivity index (χ3n) is 5.14. The normalized spacial score (nSPS) is 12.0. The van der Waals surface area contributed by atoms with Crippen molar-refractivity contribution in [3.05, 3.63) is 71.8 Å². The molecule has 3 nitrogen and oxygen atoms in total. The summed E-state index contributed by atoms with van der Waals surface area (Å²) in [5.74, 6) is -0.206. The van der Waals surface area contributed by atoms with E-state index < -0.39 is 5.41 Å². The first-order valence-electron chi connectivity index (χ1n) is 9.38. The Kier molecular flexibility index (Phi) is 6.98. The molecule has 0 aromatic heterocycles. The number of esters is 1. The lowest BCUT2D eigenvalue weighted by molar-refractivity contribution is -0.146. The Morgan fingerprint density at radius 1 is 0.885 bits per heavy atom. The van der Waals surface area contributed by atoms with E-state index in [-0.39, 0.29) is 5.97 Å². The lowest BCUT2D eigenvalue weighted by atomic mass is 9.71. The predicted octanol–water partition coefficient (Wildman–Crippen LogP) is 4.65. The van der Waals surface area contributed by atoms with Crippen molar-refractivity contribution in [1.82, 2.24) is 4.90 Å². The van der Waals surface area contributed by atoms with Crippen molar-refractivity contribution < 1.29 is 9.53 Å². The summed E-state index contributed by atoms with van der Waals surface area (Å²) in [6.45, 7) is 9.61. The largest absolute Gasteiger partial charge is 0.468 e. The van der Waals surface area contributed by atoms with Crippen molar-refractivity contribution in [2.45, 2.75) is 51.6 Å². The van der Waals surface area contributed by atoms with Gasteiger partial charge in [0, 0.05) is 18.6 Å². The minimum absolute atomic E-state index is 0.206. The molecule has 0 aliphatic heterocycles.